The van der Waals surface area contributed by atoms with Gasteiger partial charge in [0.05, 0.1) is 12.4 Å². The lowest BCUT2D eigenvalue weighted by molar-refractivity contribution is 0.284. The molecule has 4 nitrogen and oxygen atoms in total. The molecule has 128 valence electrons. The molecule has 0 radical (unpaired) electrons. The zero-order valence-corrected chi connectivity index (χ0v) is 14.2. The van der Waals surface area contributed by atoms with Gasteiger partial charge in [0.2, 0.25) is 10.0 Å². The van der Waals surface area contributed by atoms with Crippen molar-refractivity contribution in [3.05, 3.63) is 42.2 Å². The Morgan fingerprint density at radius 1 is 1.48 bits per heavy atom. The van der Waals surface area contributed by atoms with Crippen molar-refractivity contribution in [3.8, 4) is 5.75 Å². The van der Waals surface area contributed by atoms with Gasteiger partial charge < -0.3 is 4.74 Å². The first-order chi connectivity index (χ1) is 10.9. The van der Waals surface area contributed by atoms with E-state index in [9.17, 15) is 12.8 Å². The molecule has 23 heavy (non-hydrogen) atoms. The highest BCUT2D eigenvalue weighted by Gasteiger charge is 2.23. The van der Waals surface area contributed by atoms with E-state index in [1.54, 1.807) is 18.2 Å². The van der Waals surface area contributed by atoms with Crippen molar-refractivity contribution < 1.29 is 17.5 Å². The van der Waals surface area contributed by atoms with Crippen LogP contribution in [-0.2, 0) is 10.0 Å². The second-order valence-electron chi connectivity index (χ2n) is 5.92. The summed E-state index contributed by atoms with van der Waals surface area (Å²) in [5.74, 6) is 0.300. The number of ether oxygens (including phenoxy) is 1. The molecule has 1 fully saturated rings. The van der Waals surface area contributed by atoms with E-state index in [1.807, 2.05) is 6.92 Å². The zero-order chi connectivity index (χ0) is 16.9. The van der Waals surface area contributed by atoms with Gasteiger partial charge in [-0.2, -0.15) is 0 Å². The number of hydrogen-bond acceptors (Lipinski definition) is 3. The number of allylic oxidation sites excluding steroid dienone is 1. The van der Waals surface area contributed by atoms with E-state index >= 15 is 0 Å². The van der Waals surface area contributed by atoms with Crippen molar-refractivity contribution in [1.29, 1.82) is 0 Å². The third-order valence-corrected chi connectivity index (χ3v) is 5.27. The highest BCUT2D eigenvalue weighted by atomic mass is 32.2. The van der Waals surface area contributed by atoms with Crippen LogP contribution in [0.15, 0.2) is 30.9 Å². The molecule has 0 saturated heterocycles. The van der Waals surface area contributed by atoms with Crippen molar-refractivity contribution >= 4 is 10.0 Å². The Morgan fingerprint density at radius 3 is 2.83 bits per heavy atom. The maximum Gasteiger partial charge on any atom is 0.212 e. The average Bonchev–Trinajstić information content (AvgIpc) is 3.34. The first kappa shape index (κ1) is 17.9. The van der Waals surface area contributed by atoms with Crippen LogP contribution in [0.1, 0.15) is 44.2 Å². The van der Waals surface area contributed by atoms with Gasteiger partial charge in [-0.1, -0.05) is 19.1 Å². The lowest BCUT2D eigenvalue weighted by atomic mass is 10.1. The Hall–Kier alpha value is -1.40. The molecule has 0 spiro atoms. The Morgan fingerprint density at radius 2 is 2.22 bits per heavy atom. The van der Waals surface area contributed by atoms with Crippen molar-refractivity contribution in [2.75, 3.05) is 12.4 Å². The average molecular weight is 341 g/mol. The van der Waals surface area contributed by atoms with Crippen LogP contribution >= 0.6 is 0 Å². The largest absolute Gasteiger partial charge is 0.490 e. The molecule has 1 aliphatic carbocycles. The van der Waals surface area contributed by atoms with Crippen molar-refractivity contribution in [2.24, 2.45) is 5.92 Å². The van der Waals surface area contributed by atoms with E-state index in [0.717, 1.165) is 12.8 Å². The summed E-state index contributed by atoms with van der Waals surface area (Å²) in [5.41, 5.74) is 0.710. The Kier molecular flexibility index (Phi) is 6.18. The molecule has 1 aliphatic rings. The number of sulfonamides is 1. The van der Waals surface area contributed by atoms with E-state index in [2.05, 4.69) is 11.3 Å². The fourth-order valence-electron chi connectivity index (χ4n) is 2.24. The third kappa shape index (κ3) is 5.62. The number of benzene rings is 1. The molecule has 0 amide bonds. The molecule has 1 saturated carbocycles. The minimum absolute atomic E-state index is 0.000762. The summed E-state index contributed by atoms with van der Waals surface area (Å²) in [6, 6.07) is 4.14. The molecule has 1 N–H and O–H groups in total. The summed E-state index contributed by atoms with van der Waals surface area (Å²) in [5, 5.41) is 0. The van der Waals surface area contributed by atoms with Gasteiger partial charge in [0.1, 0.15) is 0 Å². The van der Waals surface area contributed by atoms with E-state index in [4.69, 9.17) is 4.74 Å². The second-order valence-corrected chi connectivity index (χ2v) is 7.79. The van der Waals surface area contributed by atoms with Gasteiger partial charge in [0.15, 0.2) is 11.6 Å². The molecule has 1 atom stereocenters. The van der Waals surface area contributed by atoms with E-state index in [0.29, 0.717) is 30.9 Å². The van der Waals surface area contributed by atoms with Gasteiger partial charge in [-0.3, -0.25) is 0 Å². The normalized spacial score (nSPS) is 16.1. The summed E-state index contributed by atoms with van der Waals surface area (Å²) >= 11 is 0. The number of halogens is 1. The smallest absolute Gasteiger partial charge is 0.212 e. The zero-order valence-electron chi connectivity index (χ0n) is 13.4. The van der Waals surface area contributed by atoms with Gasteiger partial charge in [0.25, 0.3) is 0 Å². The number of nitrogens with one attached hydrogen (secondary N) is 1. The van der Waals surface area contributed by atoms with Crippen LogP contribution in [0.5, 0.6) is 5.75 Å². The van der Waals surface area contributed by atoms with Gasteiger partial charge in [0, 0.05) is 6.04 Å². The minimum Gasteiger partial charge on any atom is -0.490 e. The van der Waals surface area contributed by atoms with Crippen LogP contribution in [0, 0.1) is 11.7 Å². The Balaban J connectivity index is 2.09. The first-order valence-electron chi connectivity index (χ1n) is 7.98. The topological polar surface area (TPSA) is 55.4 Å². The molecule has 0 heterocycles. The van der Waals surface area contributed by atoms with Gasteiger partial charge in [-0.15, -0.1) is 6.58 Å². The first-order valence-corrected chi connectivity index (χ1v) is 9.63. The molecule has 1 aromatic carbocycles. The third-order valence-electron chi connectivity index (χ3n) is 3.85. The molecule has 2 rings (SSSR count). The lowest BCUT2D eigenvalue weighted by Gasteiger charge is -2.18. The van der Waals surface area contributed by atoms with Gasteiger partial charge in [-0.05, 0) is 49.3 Å². The minimum atomic E-state index is -3.40. The molecule has 0 unspecified atom stereocenters. The predicted molar refractivity (Wildman–Crippen MR) is 89.4 cm³/mol. The molecule has 1 aromatic rings. The molecule has 0 aliphatic heterocycles. The molecule has 6 heteroatoms. The monoisotopic (exact) mass is 341 g/mol. The summed E-state index contributed by atoms with van der Waals surface area (Å²) in [4.78, 5) is 0. The van der Waals surface area contributed by atoms with Crippen LogP contribution in [0.25, 0.3) is 0 Å². The molecule has 0 bridgehead atoms. The van der Waals surface area contributed by atoms with Crippen molar-refractivity contribution in [3.63, 3.8) is 0 Å². The van der Waals surface area contributed by atoms with Crippen LogP contribution in [0.4, 0.5) is 4.39 Å². The van der Waals surface area contributed by atoms with E-state index in [-0.39, 0.29) is 11.5 Å². The maximum absolute atomic E-state index is 13.8. The van der Waals surface area contributed by atoms with Crippen LogP contribution in [0.2, 0.25) is 0 Å². The summed E-state index contributed by atoms with van der Waals surface area (Å²) in [7, 11) is -3.40. The fraction of sp³-hybridized carbons (Fsp3) is 0.529. The SMILES string of the molecule is C=CCCS(=O)(=O)N[C@H](CC)c1ccc(F)c(OCC2CC2)c1. The number of hydrogen-bond donors (Lipinski definition) is 1. The summed E-state index contributed by atoms with van der Waals surface area (Å²) in [6.45, 7) is 5.93. The highest BCUT2D eigenvalue weighted by molar-refractivity contribution is 7.89. The van der Waals surface area contributed by atoms with Crippen molar-refractivity contribution in [1.82, 2.24) is 4.72 Å². The van der Waals surface area contributed by atoms with Gasteiger partial charge >= 0.3 is 0 Å². The highest BCUT2D eigenvalue weighted by Crippen LogP contribution is 2.31. The standard InChI is InChI=1S/C17H24FNO3S/c1-3-5-10-23(20,21)19-16(4-2)14-8-9-15(18)17(11-14)22-12-13-6-7-13/h3,8-9,11,13,16,19H,1,4-7,10,12H2,2H3/t16-/m1/s1. The van der Waals surface area contributed by atoms with Crippen LogP contribution < -0.4 is 9.46 Å². The number of rotatable bonds is 10. The maximum atomic E-state index is 13.8. The second kappa shape index (κ2) is 7.93. The Labute approximate surface area is 137 Å². The summed E-state index contributed by atoms with van der Waals surface area (Å²) in [6.07, 6.45) is 4.79. The van der Waals surface area contributed by atoms with Crippen LogP contribution in [0.3, 0.4) is 0 Å². The van der Waals surface area contributed by atoms with Crippen LogP contribution in [-0.4, -0.2) is 20.8 Å². The molecular weight excluding hydrogens is 317 g/mol. The van der Waals surface area contributed by atoms with Crippen molar-refractivity contribution in [2.45, 2.75) is 38.6 Å². The van der Waals surface area contributed by atoms with E-state index in [1.165, 1.54) is 6.07 Å². The Bertz CT molecular complexity index is 641. The predicted octanol–water partition coefficient (Wildman–Crippen LogP) is 3.56. The molecular formula is C17H24FNO3S. The molecule has 0 aromatic heterocycles. The fourth-order valence-corrected chi connectivity index (χ4v) is 3.57. The quantitative estimate of drug-likeness (QED) is 0.662. The summed E-state index contributed by atoms with van der Waals surface area (Å²) < 4.78 is 46.1. The van der Waals surface area contributed by atoms with E-state index < -0.39 is 21.9 Å². The lowest BCUT2D eigenvalue weighted by Crippen LogP contribution is -2.30. The van der Waals surface area contributed by atoms with Gasteiger partial charge in [-0.25, -0.2) is 17.5 Å².